The van der Waals surface area contributed by atoms with Gasteiger partial charge < -0.3 is 5.11 Å². The number of benzene rings is 1. The van der Waals surface area contributed by atoms with Crippen LogP contribution in [0.3, 0.4) is 0 Å². The van der Waals surface area contributed by atoms with Crippen molar-refractivity contribution in [3.8, 4) is 0 Å². The third kappa shape index (κ3) is 1.77. The number of nitrogens with zero attached hydrogens (tertiary/aromatic N) is 1. The van der Waals surface area contributed by atoms with E-state index in [0.29, 0.717) is 12.3 Å². The first kappa shape index (κ1) is 16.5. The van der Waals surface area contributed by atoms with E-state index in [1.165, 1.54) is 5.56 Å². The molecule has 23 heavy (non-hydrogen) atoms. The molecule has 0 amide bonds. The van der Waals surface area contributed by atoms with Crippen molar-refractivity contribution in [3.63, 3.8) is 0 Å². The third-order valence-corrected chi connectivity index (χ3v) is 6.61. The summed E-state index contributed by atoms with van der Waals surface area (Å²) in [5, 5.41) is 12.0. The lowest BCUT2D eigenvalue weighted by Gasteiger charge is -2.73. The number of rotatable bonds is 6. The Kier molecular flexibility index (Phi) is 4.02. The Labute approximate surface area is 140 Å². The highest BCUT2D eigenvalue weighted by Crippen LogP contribution is 2.69. The first-order valence-electron chi connectivity index (χ1n) is 8.83. The lowest BCUT2D eigenvalue weighted by molar-refractivity contribution is -0.262. The van der Waals surface area contributed by atoms with Gasteiger partial charge in [0.25, 0.3) is 0 Å². The summed E-state index contributed by atoms with van der Waals surface area (Å²) >= 11 is 0. The van der Waals surface area contributed by atoms with Crippen molar-refractivity contribution in [2.24, 2.45) is 5.92 Å². The molecule has 0 aromatic heterocycles. The van der Waals surface area contributed by atoms with Crippen molar-refractivity contribution in [2.45, 2.75) is 50.2 Å². The SMILES string of the molecule is C=CC[C@]1(O)[C@@]2(N(CC)CC)CC=C[C@H]2[C@@]1(C)c1ccccc1. The van der Waals surface area contributed by atoms with Gasteiger partial charge in [0.1, 0.15) is 0 Å². The lowest BCUT2D eigenvalue weighted by Crippen LogP contribution is -2.85. The monoisotopic (exact) mass is 311 g/mol. The van der Waals surface area contributed by atoms with Gasteiger partial charge >= 0.3 is 0 Å². The fourth-order valence-corrected chi connectivity index (χ4v) is 5.57. The Bertz CT molecular complexity index is 606. The van der Waals surface area contributed by atoms with E-state index in [-0.39, 0.29) is 11.0 Å². The van der Waals surface area contributed by atoms with E-state index in [9.17, 15) is 5.11 Å². The van der Waals surface area contributed by atoms with Gasteiger partial charge in [-0.25, -0.2) is 0 Å². The molecule has 1 fully saturated rings. The predicted octanol–water partition coefficient (Wildman–Crippen LogP) is 3.92. The van der Waals surface area contributed by atoms with Crippen LogP contribution in [-0.2, 0) is 5.41 Å². The Morgan fingerprint density at radius 3 is 2.48 bits per heavy atom. The van der Waals surface area contributed by atoms with Crippen molar-refractivity contribution in [1.82, 2.24) is 4.90 Å². The Hall–Kier alpha value is -1.38. The molecular weight excluding hydrogens is 282 g/mol. The molecule has 0 spiro atoms. The van der Waals surface area contributed by atoms with Gasteiger partial charge in [0, 0.05) is 11.3 Å². The number of aliphatic hydroxyl groups is 1. The molecule has 0 saturated heterocycles. The quantitative estimate of drug-likeness (QED) is 0.805. The van der Waals surface area contributed by atoms with Crippen LogP contribution in [0.4, 0.5) is 0 Å². The molecule has 0 radical (unpaired) electrons. The Morgan fingerprint density at radius 2 is 1.91 bits per heavy atom. The summed E-state index contributed by atoms with van der Waals surface area (Å²) < 4.78 is 0. The molecule has 124 valence electrons. The first-order valence-corrected chi connectivity index (χ1v) is 8.83. The molecule has 0 heterocycles. The molecule has 1 aromatic rings. The fraction of sp³-hybridized carbons (Fsp3) is 0.524. The Balaban J connectivity index is 2.16. The molecular formula is C21H29NO. The highest BCUT2D eigenvalue weighted by molar-refractivity contribution is 5.49. The molecule has 0 unspecified atom stereocenters. The van der Waals surface area contributed by atoms with Gasteiger partial charge in [-0.05, 0) is 31.5 Å². The van der Waals surface area contributed by atoms with Crippen LogP contribution in [0.25, 0.3) is 0 Å². The van der Waals surface area contributed by atoms with Crippen molar-refractivity contribution in [1.29, 1.82) is 0 Å². The Morgan fingerprint density at radius 1 is 1.26 bits per heavy atom. The smallest absolute Gasteiger partial charge is 0.0973 e. The lowest BCUT2D eigenvalue weighted by atomic mass is 9.38. The van der Waals surface area contributed by atoms with Crippen molar-refractivity contribution < 1.29 is 5.11 Å². The van der Waals surface area contributed by atoms with Crippen LogP contribution in [0, 0.1) is 5.92 Å². The van der Waals surface area contributed by atoms with Crippen LogP contribution in [0.15, 0.2) is 55.1 Å². The molecule has 4 atom stereocenters. The van der Waals surface area contributed by atoms with Gasteiger partial charge in [0.05, 0.1) is 11.1 Å². The summed E-state index contributed by atoms with van der Waals surface area (Å²) in [6, 6.07) is 10.5. The highest BCUT2D eigenvalue weighted by atomic mass is 16.3. The van der Waals surface area contributed by atoms with Gasteiger partial charge in [-0.3, -0.25) is 4.90 Å². The highest BCUT2D eigenvalue weighted by Gasteiger charge is 2.78. The van der Waals surface area contributed by atoms with Gasteiger partial charge in [-0.15, -0.1) is 6.58 Å². The van der Waals surface area contributed by atoms with E-state index in [1.54, 1.807) is 0 Å². The second-order valence-electron chi connectivity index (χ2n) is 7.13. The molecule has 2 aliphatic rings. The zero-order valence-electron chi connectivity index (χ0n) is 14.6. The van der Waals surface area contributed by atoms with E-state index in [4.69, 9.17) is 0 Å². The average Bonchev–Trinajstić information content (AvgIpc) is 3.00. The van der Waals surface area contributed by atoms with E-state index >= 15 is 0 Å². The van der Waals surface area contributed by atoms with Crippen molar-refractivity contribution >= 4 is 0 Å². The molecule has 2 heteroatoms. The number of hydrogen-bond donors (Lipinski definition) is 1. The average molecular weight is 311 g/mol. The van der Waals surface area contributed by atoms with Crippen LogP contribution in [0.1, 0.15) is 39.2 Å². The second-order valence-corrected chi connectivity index (χ2v) is 7.13. The second kappa shape index (κ2) is 5.61. The molecule has 2 nitrogen and oxygen atoms in total. The van der Waals surface area contributed by atoms with Gasteiger partial charge in [0.2, 0.25) is 0 Å². The molecule has 3 rings (SSSR count). The van der Waals surface area contributed by atoms with Crippen LogP contribution in [0.2, 0.25) is 0 Å². The number of likely N-dealkylation sites (N-methyl/N-ethyl adjacent to an activating group) is 1. The minimum absolute atomic E-state index is 0.199. The molecule has 1 aromatic carbocycles. The normalized spacial score (nSPS) is 38.4. The minimum atomic E-state index is -0.802. The largest absolute Gasteiger partial charge is 0.387 e. The summed E-state index contributed by atoms with van der Waals surface area (Å²) in [4.78, 5) is 2.46. The van der Waals surface area contributed by atoms with Gasteiger partial charge in [0.15, 0.2) is 0 Å². The maximum atomic E-state index is 12.0. The zero-order chi connectivity index (χ0) is 16.7. The summed E-state index contributed by atoms with van der Waals surface area (Å²) in [6.45, 7) is 12.5. The van der Waals surface area contributed by atoms with E-state index < -0.39 is 5.60 Å². The van der Waals surface area contributed by atoms with Crippen LogP contribution >= 0.6 is 0 Å². The minimum Gasteiger partial charge on any atom is -0.387 e. The topological polar surface area (TPSA) is 23.5 Å². The maximum absolute atomic E-state index is 12.0. The summed E-state index contributed by atoms with van der Waals surface area (Å²) in [6.07, 6.45) is 8.04. The molecule has 1 saturated carbocycles. The van der Waals surface area contributed by atoms with Crippen molar-refractivity contribution in [3.05, 3.63) is 60.7 Å². The number of fused-ring (bicyclic) bond motifs is 1. The summed E-state index contributed by atoms with van der Waals surface area (Å²) in [5.41, 5.74) is -0.0555. The van der Waals surface area contributed by atoms with Crippen LogP contribution in [0.5, 0.6) is 0 Å². The van der Waals surface area contributed by atoms with Crippen LogP contribution in [-0.4, -0.2) is 34.2 Å². The maximum Gasteiger partial charge on any atom is 0.0973 e. The number of hydrogen-bond acceptors (Lipinski definition) is 2. The molecule has 1 N–H and O–H groups in total. The third-order valence-electron chi connectivity index (χ3n) is 6.61. The van der Waals surface area contributed by atoms with Crippen LogP contribution < -0.4 is 0 Å². The van der Waals surface area contributed by atoms with Crippen molar-refractivity contribution in [2.75, 3.05) is 13.1 Å². The first-order chi connectivity index (χ1) is 11.0. The molecule has 0 aliphatic heterocycles. The summed E-state index contributed by atoms with van der Waals surface area (Å²) in [5.74, 6) is 0.335. The van der Waals surface area contributed by atoms with Gasteiger partial charge in [-0.2, -0.15) is 0 Å². The summed E-state index contributed by atoms with van der Waals surface area (Å²) in [7, 11) is 0. The standard InChI is InChI=1S/C21H29NO/c1-5-15-21(23)19(4,17-12-9-8-10-13-17)18-14-11-16-20(18,21)22(6-2)7-3/h5,8-14,18,23H,1,6-7,15-16H2,2-4H3/t18-,19+,20+,21+/m0/s1. The van der Waals surface area contributed by atoms with Gasteiger partial charge in [-0.1, -0.05) is 69.3 Å². The van der Waals surface area contributed by atoms with E-state index in [2.05, 4.69) is 68.7 Å². The predicted molar refractivity (Wildman–Crippen MR) is 96.5 cm³/mol. The van der Waals surface area contributed by atoms with E-state index in [1.807, 2.05) is 12.1 Å². The fourth-order valence-electron chi connectivity index (χ4n) is 5.57. The molecule has 0 bridgehead atoms. The van der Waals surface area contributed by atoms with E-state index in [0.717, 1.165) is 19.5 Å². The molecule has 2 aliphatic carbocycles. The zero-order valence-corrected chi connectivity index (χ0v) is 14.6.